The molecule has 0 bridgehead atoms. The van der Waals surface area contributed by atoms with Gasteiger partial charge < -0.3 is 20.0 Å². The fraction of sp³-hybridized carbons (Fsp3) is 0.889. The molecule has 1 aliphatic rings. The van der Waals surface area contributed by atoms with Gasteiger partial charge >= 0.3 is 0 Å². The predicted molar refractivity (Wildman–Crippen MR) is 116 cm³/mol. The van der Waals surface area contributed by atoms with Gasteiger partial charge in [-0.05, 0) is 48.5 Å². The van der Waals surface area contributed by atoms with Crippen molar-refractivity contribution >= 4 is 23.5 Å². The van der Waals surface area contributed by atoms with Crippen molar-refractivity contribution in [2.24, 2.45) is 5.92 Å². The SMILES string of the molecule is CC(C)(C)NC[C@H](O)COc1nsnc1SC1C(CO[N+](=O)[O-])C(C)(C)N([O])C1(C)C. The van der Waals surface area contributed by atoms with Crippen molar-refractivity contribution < 1.29 is 25.0 Å². The number of hydroxylamine groups is 2. The van der Waals surface area contributed by atoms with E-state index < -0.39 is 28.2 Å². The third-order valence-corrected chi connectivity index (χ3v) is 7.60. The lowest BCUT2D eigenvalue weighted by Gasteiger charge is -2.33. The third kappa shape index (κ3) is 6.39. The molecule has 1 aliphatic heterocycles. The molecule has 2 N–H and O–H groups in total. The quantitative estimate of drug-likeness (QED) is 0.379. The summed E-state index contributed by atoms with van der Waals surface area (Å²) in [6.45, 7) is 13.3. The molecule has 0 saturated carbocycles. The van der Waals surface area contributed by atoms with Gasteiger partial charge in [0.15, 0.2) is 5.03 Å². The number of hydrogen-bond acceptors (Lipinski definition) is 11. The zero-order valence-corrected chi connectivity index (χ0v) is 20.6. The standard InChI is InChI=1S/C18H32N5O6S2/c1-16(2,3)19-8-11(24)9-28-14-15(21-31-20-14)30-13-12(10-29-23(26)27)17(4,5)22(25)18(13,6)7/h11-13,19,24H,8-10H2,1-7H3/t11-,12?,13?/m0/s1. The number of aliphatic hydroxyl groups excluding tert-OH is 1. The molecule has 0 spiro atoms. The second kappa shape index (κ2) is 9.71. The fourth-order valence-electron chi connectivity index (χ4n) is 3.64. The molecule has 0 aliphatic carbocycles. The lowest BCUT2D eigenvalue weighted by molar-refractivity contribution is -0.759. The van der Waals surface area contributed by atoms with Crippen LogP contribution in [-0.2, 0) is 10.0 Å². The van der Waals surface area contributed by atoms with Crippen LogP contribution in [0, 0.1) is 16.0 Å². The molecular formula is C18H32N5O6S2. The average molecular weight is 479 g/mol. The summed E-state index contributed by atoms with van der Waals surface area (Å²) in [6.07, 6.45) is -0.737. The molecular weight excluding hydrogens is 446 g/mol. The van der Waals surface area contributed by atoms with E-state index in [0.717, 1.165) is 16.8 Å². The topological polar surface area (TPSA) is 143 Å². The highest BCUT2D eigenvalue weighted by Gasteiger charge is 2.60. The van der Waals surface area contributed by atoms with Gasteiger partial charge in [0.2, 0.25) is 0 Å². The first-order chi connectivity index (χ1) is 14.2. The van der Waals surface area contributed by atoms with Crippen molar-refractivity contribution in [3.8, 4) is 5.88 Å². The summed E-state index contributed by atoms with van der Waals surface area (Å²) in [5.41, 5.74) is -1.84. The first-order valence-electron chi connectivity index (χ1n) is 9.96. The van der Waals surface area contributed by atoms with Gasteiger partial charge in [-0.3, -0.25) is 0 Å². The molecule has 11 nitrogen and oxygen atoms in total. The van der Waals surface area contributed by atoms with Gasteiger partial charge in [-0.25, -0.2) is 0 Å². The van der Waals surface area contributed by atoms with Crippen LogP contribution in [-0.4, -0.2) is 71.7 Å². The van der Waals surface area contributed by atoms with Gasteiger partial charge in [0.1, 0.15) is 19.3 Å². The molecule has 2 rings (SSSR count). The van der Waals surface area contributed by atoms with E-state index >= 15 is 0 Å². The number of aromatic nitrogens is 2. The summed E-state index contributed by atoms with van der Waals surface area (Å²) < 4.78 is 14.1. The highest BCUT2D eigenvalue weighted by molar-refractivity contribution is 8.00. The average Bonchev–Trinajstić information content (AvgIpc) is 3.13. The smallest absolute Gasteiger partial charge is 0.294 e. The molecule has 1 fully saturated rings. The van der Waals surface area contributed by atoms with Gasteiger partial charge in [0, 0.05) is 23.3 Å². The molecule has 31 heavy (non-hydrogen) atoms. The van der Waals surface area contributed by atoms with E-state index in [2.05, 4.69) is 18.9 Å². The maximum absolute atomic E-state index is 13.0. The van der Waals surface area contributed by atoms with Crippen LogP contribution in [0.15, 0.2) is 5.03 Å². The second-order valence-corrected chi connectivity index (χ2v) is 11.4. The summed E-state index contributed by atoms with van der Waals surface area (Å²) in [5, 5.41) is 37.4. The van der Waals surface area contributed by atoms with Crippen LogP contribution in [0.5, 0.6) is 5.88 Å². The Morgan fingerprint density at radius 2 is 1.97 bits per heavy atom. The van der Waals surface area contributed by atoms with Gasteiger partial charge in [0.25, 0.3) is 11.0 Å². The first-order valence-corrected chi connectivity index (χ1v) is 11.6. The maximum Gasteiger partial charge on any atom is 0.294 e. The lowest BCUT2D eigenvalue weighted by atomic mass is 9.87. The minimum Gasteiger partial charge on any atom is -0.472 e. The zero-order valence-electron chi connectivity index (χ0n) is 18.9. The van der Waals surface area contributed by atoms with Gasteiger partial charge in [-0.15, -0.1) is 24.8 Å². The second-order valence-electron chi connectivity index (χ2n) is 9.74. The molecule has 0 amide bonds. The molecule has 1 radical (unpaired) electrons. The summed E-state index contributed by atoms with van der Waals surface area (Å²) in [7, 11) is 0. The molecule has 2 unspecified atom stereocenters. The summed E-state index contributed by atoms with van der Waals surface area (Å²) >= 11 is 2.26. The van der Waals surface area contributed by atoms with Crippen molar-refractivity contribution in [3.05, 3.63) is 10.1 Å². The third-order valence-electron chi connectivity index (χ3n) is 5.32. The van der Waals surface area contributed by atoms with Crippen LogP contribution >= 0.6 is 23.5 Å². The van der Waals surface area contributed by atoms with Crippen molar-refractivity contribution in [2.45, 2.75) is 81.5 Å². The normalized spacial score (nSPS) is 24.2. The molecule has 3 atom stereocenters. The molecule has 1 aromatic rings. The van der Waals surface area contributed by atoms with Gasteiger partial charge in [-0.1, -0.05) is 11.8 Å². The van der Waals surface area contributed by atoms with Gasteiger partial charge in [-0.2, -0.15) is 4.37 Å². The first kappa shape index (κ1) is 26.0. The van der Waals surface area contributed by atoms with E-state index in [1.54, 1.807) is 27.7 Å². The fourth-order valence-corrected chi connectivity index (χ4v) is 5.78. The van der Waals surface area contributed by atoms with Crippen LogP contribution in [0.1, 0.15) is 48.5 Å². The molecule has 1 saturated heterocycles. The van der Waals surface area contributed by atoms with E-state index in [4.69, 9.17) is 4.74 Å². The number of aliphatic hydroxyl groups is 1. The summed E-state index contributed by atoms with van der Waals surface area (Å²) in [4.78, 5) is 15.4. The van der Waals surface area contributed by atoms with Gasteiger partial charge in [0.05, 0.1) is 22.8 Å². The van der Waals surface area contributed by atoms with Crippen LogP contribution in [0.3, 0.4) is 0 Å². The number of nitrogens with one attached hydrogen (secondary N) is 1. The van der Waals surface area contributed by atoms with E-state index in [1.165, 1.54) is 11.8 Å². The van der Waals surface area contributed by atoms with Crippen LogP contribution < -0.4 is 10.1 Å². The number of ether oxygens (including phenoxy) is 1. The number of rotatable bonds is 10. The van der Waals surface area contributed by atoms with Crippen LogP contribution in [0.25, 0.3) is 0 Å². The Balaban J connectivity index is 2.12. The molecule has 13 heteroatoms. The number of thioether (sulfide) groups is 1. The van der Waals surface area contributed by atoms with Crippen LogP contribution in [0.2, 0.25) is 0 Å². The largest absolute Gasteiger partial charge is 0.472 e. The highest BCUT2D eigenvalue weighted by Crippen LogP contribution is 2.52. The van der Waals surface area contributed by atoms with Crippen molar-refractivity contribution in [3.63, 3.8) is 0 Å². The Hall–Kier alpha value is -1.25. The molecule has 2 heterocycles. The lowest BCUT2D eigenvalue weighted by Crippen LogP contribution is -2.47. The maximum atomic E-state index is 13.0. The van der Waals surface area contributed by atoms with Crippen molar-refractivity contribution in [1.82, 2.24) is 19.1 Å². The number of nitrogens with zero attached hydrogens (tertiary/aromatic N) is 4. The minimum absolute atomic E-state index is 0.0309. The number of hydrogen-bond donors (Lipinski definition) is 2. The predicted octanol–water partition coefficient (Wildman–Crippen LogP) is 2.17. The summed E-state index contributed by atoms with van der Waals surface area (Å²) in [6, 6.07) is 0. The van der Waals surface area contributed by atoms with Crippen molar-refractivity contribution in [1.29, 1.82) is 0 Å². The molecule has 0 aromatic carbocycles. The van der Waals surface area contributed by atoms with E-state index in [1.807, 2.05) is 20.8 Å². The van der Waals surface area contributed by atoms with Crippen LogP contribution in [0.4, 0.5) is 0 Å². The Morgan fingerprint density at radius 1 is 1.32 bits per heavy atom. The Morgan fingerprint density at radius 3 is 2.55 bits per heavy atom. The number of β-amino-alcohol motifs (C(OH)–C–C–N with tert-alkyl or cyclic N) is 1. The highest BCUT2D eigenvalue weighted by atomic mass is 32.2. The van der Waals surface area contributed by atoms with E-state index in [-0.39, 0.29) is 29.9 Å². The minimum atomic E-state index is -0.879. The Bertz CT molecular complexity index is 754. The van der Waals surface area contributed by atoms with E-state index in [9.17, 15) is 20.4 Å². The van der Waals surface area contributed by atoms with E-state index in [0.29, 0.717) is 11.6 Å². The molecule has 1 aromatic heterocycles. The summed E-state index contributed by atoms with van der Waals surface area (Å²) in [5.74, 6) is -0.164. The van der Waals surface area contributed by atoms with Crippen molar-refractivity contribution in [2.75, 3.05) is 19.8 Å². The molecule has 177 valence electrons. The Kier molecular flexibility index (Phi) is 8.15. The Labute approximate surface area is 190 Å². The zero-order chi connectivity index (χ0) is 23.6. The monoisotopic (exact) mass is 478 g/mol.